The third kappa shape index (κ3) is 4.92. The van der Waals surface area contributed by atoms with Gasteiger partial charge in [-0.25, -0.2) is 0 Å². The molecule has 0 bridgehead atoms. The minimum Gasteiger partial charge on any atom is -0.508 e. The Morgan fingerprint density at radius 3 is 1.96 bits per heavy atom. The van der Waals surface area contributed by atoms with E-state index in [2.05, 4.69) is 0 Å². The second kappa shape index (κ2) is 8.11. The van der Waals surface area contributed by atoms with E-state index in [1.54, 1.807) is 12.1 Å². The van der Waals surface area contributed by atoms with E-state index in [1.807, 2.05) is 0 Å². The largest absolute Gasteiger partial charge is 0.508 e. The molecule has 4 N–H and O–H groups in total. The third-order valence-corrected chi connectivity index (χ3v) is 3.43. The number of ether oxygens (including phenoxy) is 2. The number of phenolic OH excluding ortho intramolecular Hbond substituents is 1. The highest BCUT2D eigenvalue weighted by atomic mass is 16.5. The maximum atomic E-state index is 11.1. The lowest BCUT2D eigenvalue weighted by atomic mass is 10.0. The van der Waals surface area contributed by atoms with Crippen LogP contribution in [0.3, 0.4) is 0 Å². The van der Waals surface area contributed by atoms with Crippen LogP contribution in [0.4, 0.5) is 0 Å². The number of rotatable bonds is 3. The molecule has 0 saturated carbocycles. The Hall–Kier alpha value is -3.13. The second-order valence-corrected chi connectivity index (χ2v) is 5.33. The zero-order valence-corrected chi connectivity index (χ0v) is 13.2. The number of carboxylic acids is 1. The normalized spacial score (nSPS) is 16.8. The fourth-order valence-electron chi connectivity index (χ4n) is 2.11. The van der Waals surface area contributed by atoms with Crippen molar-refractivity contribution >= 4 is 17.5 Å². The number of Topliss-reactive ketones (excluding diaryl/α,β-unsaturated/α-hetero) is 2. The van der Waals surface area contributed by atoms with E-state index in [9.17, 15) is 14.4 Å². The molecule has 8 heteroatoms. The van der Waals surface area contributed by atoms with Crippen molar-refractivity contribution < 1.29 is 34.1 Å². The number of hydrogen-bond acceptors (Lipinski definition) is 7. The summed E-state index contributed by atoms with van der Waals surface area (Å²) in [4.78, 5) is 32.6. The summed E-state index contributed by atoms with van der Waals surface area (Å²) in [5, 5.41) is 17.5. The fraction of sp³-hybridized carbons (Fsp3) is 0.235. The maximum absolute atomic E-state index is 11.1. The first-order valence-corrected chi connectivity index (χ1v) is 7.43. The number of nitrogens with two attached hydrogens (primary N) is 1. The highest BCUT2D eigenvalue weighted by molar-refractivity contribution is 6.09. The molecule has 1 aromatic carbocycles. The van der Waals surface area contributed by atoms with Crippen molar-refractivity contribution in [1.82, 2.24) is 0 Å². The van der Waals surface area contributed by atoms with Gasteiger partial charge in [0.2, 0.25) is 23.1 Å². The van der Waals surface area contributed by atoms with E-state index >= 15 is 0 Å². The van der Waals surface area contributed by atoms with Gasteiger partial charge in [-0.1, -0.05) is 12.1 Å². The average molecular weight is 347 g/mol. The number of allylic oxidation sites excluding steroid dienone is 2. The molecular formula is C17H17NO7. The van der Waals surface area contributed by atoms with Crippen molar-refractivity contribution in [3.8, 4) is 5.75 Å². The number of hydrogen-bond donors (Lipinski definition) is 3. The molecule has 0 unspecified atom stereocenters. The predicted molar refractivity (Wildman–Crippen MR) is 85.0 cm³/mol. The van der Waals surface area contributed by atoms with E-state index in [0.717, 1.165) is 5.56 Å². The average Bonchev–Trinajstić information content (AvgIpc) is 2.61. The maximum Gasteiger partial charge on any atom is 0.320 e. The standard InChI is InChI=1S/C9H11NO3.C8H6O4/c10-8(9(12)13)5-6-1-3-7(11)4-2-6;9-5-1-2-6(10)8-7(5)11-3-4-12-8/h1-4,8,11H,5,10H2,(H,12,13);3-4H,1-2H2/t8-;/m0./s1. The van der Waals surface area contributed by atoms with Crippen LogP contribution >= 0.6 is 0 Å². The Morgan fingerprint density at radius 2 is 1.52 bits per heavy atom. The van der Waals surface area contributed by atoms with Crippen LogP contribution in [0.5, 0.6) is 5.75 Å². The van der Waals surface area contributed by atoms with Crippen LogP contribution in [0, 0.1) is 0 Å². The number of carbonyl (C=O) groups excluding carboxylic acids is 2. The first-order chi connectivity index (χ1) is 11.9. The van der Waals surface area contributed by atoms with Gasteiger partial charge < -0.3 is 25.4 Å². The molecule has 1 aromatic rings. The fourth-order valence-corrected chi connectivity index (χ4v) is 2.11. The number of benzene rings is 1. The molecule has 0 saturated heterocycles. The minimum absolute atomic E-state index is 0.0498. The van der Waals surface area contributed by atoms with E-state index < -0.39 is 12.0 Å². The van der Waals surface area contributed by atoms with Crippen LogP contribution < -0.4 is 5.73 Å². The van der Waals surface area contributed by atoms with Gasteiger partial charge in [0.25, 0.3) is 0 Å². The van der Waals surface area contributed by atoms with Crippen molar-refractivity contribution in [2.45, 2.75) is 25.3 Å². The van der Waals surface area contributed by atoms with E-state index in [4.69, 9.17) is 25.4 Å². The minimum atomic E-state index is -1.02. The lowest BCUT2D eigenvalue weighted by Crippen LogP contribution is -2.32. The molecule has 2 aliphatic rings. The smallest absolute Gasteiger partial charge is 0.320 e. The van der Waals surface area contributed by atoms with Gasteiger partial charge >= 0.3 is 5.97 Å². The molecule has 3 rings (SSSR count). The van der Waals surface area contributed by atoms with Gasteiger partial charge in [-0.15, -0.1) is 0 Å². The summed E-state index contributed by atoms with van der Waals surface area (Å²) in [6, 6.07) is 5.42. The molecule has 8 nitrogen and oxygen atoms in total. The van der Waals surface area contributed by atoms with Gasteiger partial charge in [0.05, 0.1) is 0 Å². The molecule has 1 aliphatic carbocycles. The molecule has 1 heterocycles. The van der Waals surface area contributed by atoms with Gasteiger partial charge in [-0.3, -0.25) is 14.4 Å². The van der Waals surface area contributed by atoms with E-state index in [-0.39, 0.29) is 48.1 Å². The number of aromatic hydroxyl groups is 1. The summed E-state index contributed by atoms with van der Waals surface area (Å²) in [5.41, 5.74) is 6.12. The van der Waals surface area contributed by atoms with Crippen molar-refractivity contribution in [2.75, 3.05) is 0 Å². The number of ketones is 2. The zero-order chi connectivity index (χ0) is 18.4. The molecule has 0 amide bonds. The predicted octanol–water partition coefficient (Wildman–Crippen LogP) is 0.995. The third-order valence-electron chi connectivity index (χ3n) is 3.43. The molecule has 0 aromatic heterocycles. The first kappa shape index (κ1) is 18.2. The van der Waals surface area contributed by atoms with Crippen molar-refractivity contribution in [3.05, 3.63) is 53.9 Å². The molecule has 1 atom stereocenters. The number of carbonyl (C=O) groups is 3. The summed E-state index contributed by atoms with van der Waals surface area (Å²) in [7, 11) is 0. The quantitative estimate of drug-likeness (QED) is 0.736. The zero-order valence-electron chi connectivity index (χ0n) is 13.2. The van der Waals surface area contributed by atoms with Crippen molar-refractivity contribution in [1.29, 1.82) is 0 Å². The van der Waals surface area contributed by atoms with Crippen molar-refractivity contribution in [3.63, 3.8) is 0 Å². The van der Waals surface area contributed by atoms with Gasteiger partial charge in [-0.2, -0.15) is 0 Å². The van der Waals surface area contributed by atoms with Crippen LogP contribution in [0.1, 0.15) is 18.4 Å². The highest BCUT2D eigenvalue weighted by Gasteiger charge is 2.31. The molecule has 1 aliphatic heterocycles. The number of phenols is 1. The summed E-state index contributed by atoms with van der Waals surface area (Å²) in [6.45, 7) is 0. The summed E-state index contributed by atoms with van der Waals surface area (Å²) in [6.07, 6.45) is 3.20. The Morgan fingerprint density at radius 1 is 1.04 bits per heavy atom. The van der Waals surface area contributed by atoms with Crippen molar-refractivity contribution in [2.24, 2.45) is 5.73 Å². The topological polar surface area (TPSA) is 136 Å². The summed E-state index contributed by atoms with van der Waals surface area (Å²) >= 11 is 0. The van der Waals surface area contributed by atoms with Gasteiger partial charge in [0, 0.05) is 12.8 Å². The second-order valence-electron chi connectivity index (χ2n) is 5.33. The van der Waals surface area contributed by atoms with Crippen LogP contribution in [0.15, 0.2) is 48.3 Å². The summed E-state index contributed by atoms with van der Waals surface area (Å²) < 4.78 is 9.74. The van der Waals surface area contributed by atoms with E-state index in [0.29, 0.717) is 0 Å². The number of carboxylic acid groups (broad SMARTS) is 1. The van der Waals surface area contributed by atoms with Crippen LogP contribution in [0.2, 0.25) is 0 Å². The lowest BCUT2D eigenvalue weighted by Gasteiger charge is -2.18. The Balaban J connectivity index is 0.000000181. The molecular weight excluding hydrogens is 330 g/mol. The Kier molecular flexibility index (Phi) is 5.91. The monoisotopic (exact) mass is 347 g/mol. The molecule has 25 heavy (non-hydrogen) atoms. The molecule has 0 radical (unpaired) electrons. The van der Waals surface area contributed by atoms with Crippen LogP contribution in [-0.4, -0.2) is 33.8 Å². The van der Waals surface area contributed by atoms with Gasteiger partial charge in [0.15, 0.2) is 0 Å². The van der Waals surface area contributed by atoms with Gasteiger partial charge in [0.1, 0.15) is 24.3 Å². The first-order valence-electron chi connectivity index (χ1n) is 7.43. The Bertz CT molecular complexity index is 704. The molecule has 132 valence electrons. The molecule has 0 fully saturated rings. The van der Waals surface area contributed by atoms with E-state index in [1.165, 1.54) is 24.7 Å². The summed E-state index contributed by atoms with van der Waals surface area (Å²) in [5.74, 6) is -1.11. The Labute approximate surface area is 143 Å². The van der Waals surface area contributed by atoms with Crippen LogP contribution in [-0.2, 0) is 30.3 Å². The lowest BCUT2D eigenvalue weighted by molar-refractivity contribution is -0.138. The number of aliphatic carboxylic acids is 1. The highest BCUT2D eigenvalue weighted by Crippen LogP contribution is 2.24. The van der Waals surface area contributed by atoms with Gasteiger partial charge in [-0.05, 0) is 24.1 Å². The molecule has 0 spiro atoms. The van der Waals surface area contributed by atoms with Crippen LogP contribution in [0.25, 0.3) is 0 Å². The SMILES string of the molecule is N[C@@H](Cc1ccc(O)cc1)C(=O)O.O=C1CCC(=O)C2=C1OC=CO2.